The van der Waals surface area contributed by atoms with Crippen molar-refractivity contribution in [1.29, 1.82) is 0 Å². The van der Waals surface area contributed by atoms with Crippen molar-refractivity contribution >= 4 is 38.6 Å². The summed E-state index contributed by atoms with van der Waals surface area (Å²) in [7, 11) is -2.05. The highest BCUT2D eigenvalue weighted by Crippen LogP contribution is 2.28. The molecule has 114 valence electrons. The van der Waals surface area contributed by atoms with Crippen LogP contribution in [-0.4, -0.2) is 28.7 Å². The van der Waals surface area contributed by atoms with E-state index >= 15 is 0 Å². The predicted molar refractivity (Wildman–Crippen MR) is 84.0 cm³/mol. The number of benzene rings is 1. The fourth-order valence-electron chi connectivity index (χ4n) is 1.54. The molecule has 5 nitrogen and oxygen atoms in total. The second-order valence-corrected chi connectivity index (χ2v) is 7.66. The Labute approximate surface area is 132 Å². The van der Waals surface area contributed by atoms with Crippen LogP contribution in [0.1, 0.15) is 0 Å². The molecule has 0 bridgehead atoms. The van der Waals surface area contributed by atoms with Crippen LogP contribution >= 0.6 is 22.9 Å². The first-order valence-corrected chi connectivity index (χ1v) is 8.69. The molecule has 0 unspecified atom stereocenters. The third kappa shape index (κ3) is 4.60. The van der Waals surface area contributed by atoms with Gasteiger partial charge in [0, 0.05) is 13.2 Å². The summed E-state index contributed by atoms with van der Waals surface area (Å²) in [5.41, 5.74) is 0.425. The second-order valence-electron chi connectivity index (χ2n) is 4.03. The lowest BCUT2D eigenvalue weighted by atomic mass is 10.3. The van der Waals surface area contributed by atoms with Gasteiger partial charge in [-0.25, -0.2) is 8.42 Å². The first-order chi connectivity index (χ1) is 10.0. The van der Waals surface area contributed by atoms with Crippen molar-refractivity contribution < 1.29 is 17.9 Å². The van der Waals surface area contributed by atoms with Gasteiger partial charge >= 0.3 is 0 Å². The Morgan fingerprint density at radius 1 is 1.24 bits per heavy atom. The van der Waals surface area contributed by atoms with E-state index in [1.807, 2.05) is 0 Å². The number of hydrogen-bond acceptors (Lipinski definition) is 5. The summed E-state index contributed by atoms with van der Waals surface area (Å²) < 4.78 is 37.7. The van der Waals surface area contributed by atoms with Crippen molar-refractivity contribution in [1.82, 2.24) is 0 Å². The standard InChI is InChI=1S/C13H14ClNO4S2/c1-18-7-8-19-11-4-2-3-10(9-11)15-21(16,17)13-6-5-12(14)20-13/h2-6,9,15H,7-8H2,1H3. The van der Waals surface area contributed by atoms with Crippen molar-refractivity contribution in [2.75, 3.05) is 25.0 Å². The third-order valence-corrected chi connectivity index (χ3v) is 5.56. The van der Waals surface area contributed by atoms with E-state index in [9.17, 15) is 8.42 Å². The van der Waals surface area contributed by atoms with E-state index in [1.54, 1.807) is 37.4 Å². The molecule has 2 rings (SSSR count). The van der Waals surface area contributed by atoms with Gasteiger partial charge in [0.15, 0.2) is 0 Å². The monoisotopic (exact) mass is 347 g/mol. The lowest BCUT2D eigenvalue weighted by molar-refractivity contribution is 0.146. The maximum absolute atomic E-state index is 12.2. The number of hydrogen-bond donors (Lipinski definition) is 1. The Balaban J connectivity index is 2.10. The quantitative estimate of drug-likeness (QED) is 0.781. The molecule has 0 amide bonds. The highest BCUT2D eigenvalue weighted by Gasteiger charge is 2.16. The number of halogens is 1. The zero-order valence-electron chi connectivity index (χ0n) is 11.2. The van der Waals surface area contributed by atoms with E-state index in [4.69, 9.17) is 21.1 Å². The molecular formula is C13H14ClNO4S2. The molecule has 0 spiro atoms. The lowest BCUT2D eigenvalue weighted by Crippen LogP contribution is -2.11. The molecule has 1 heterocycles. The lowest BCUT2D eigenvalue weighted by Gasteiger charge is -2.09. The SMILES string of the molecule is COCCOc1cccc(NS(=O)(=O)c2ccc(Cl)s2)c1. The number of methoxy groups -OCH3 is 1. The van der Waals surface area contributed by atoms with E-state index in [0.717, 1.165) is 11.3 Å². The first kappa shape index (κ1) is 16.1. The number of thiophene rings is 1. The van der Waals surface area contributed by atoms with E-state index in [0.29, 0.717) is 29.0 Å². The van der Waals surface area contributed by atoms with Gasteiger partial charge in [0.05, 0.1) is 16.6 Å². The van der Waals surface area contributed by atoms with Gasteiger partial charge in [-0.3, -0.25) is 4.72 Å². The molecule has 0 aliphatic rings. The molecule has 0 saturated heterocycles. The summed E-state index contributed by atoms with van der Waals surface area (Å²) in [6.45, 7) is 0.858. The van der Waals surface area contributed by atoms with Gasteiger partial charge in [0.25, 0.3) is 10.0 Å². The van der Waals surface area contributed by atoms with Crippen molar-refractivity contribution in [3.63, 3.8) is 0 Å². The molecule has 0 aliphatic heterocycles. The van der Waals surface area contributed by atoms with Gasteiger partial charge in [-0.15, -0.1) is 11.3 Å². The van der Waals surface area contributed by atoms with Gasteiger partial charge in [-0.05, 0) is 24.3 Å². The zero-order valence-corrected chi connectivity index (χ0v) is 13.6. The topological polar surface area (TPSA) is 64.6 Å². The smallest absolute Gasteiger partial charge is 0.271 e. The van der Waals surface area contributed by atoms with Crippen LogP contribution in [0.5, 0.6) is 5.75 Å². The minimum absolute atomic E-state index is 0.165. The Morgan fingerprint density at radius 3 is 2.71 bits per heavy atom. The Morgan fingerprint density at radius 2 is 2.05 bits per heavy atom. The van der Waals surface area contributed by atoms with Gasteiger partial charge in [0.2, 0.25) is 0 Å². The molecule has 1 N–H and O–H groups in total. The Hall–Kier alpha value is -1.28. The summed E-state index contributed by atoms with van der Waals surface area (Å²) in [6, 6.07) is 9.73. The molecular weight excluding hydrogens is 334 g/mol. The molecule has 0 fully saturated rings. The second kappa shape index (κ2) is 7.13. The van der Waals surface area contributed by atoms with Gasteiger partial charge in [-0.1, -0.05) is 17.7 Å². The minimum atomic E-state index is -3.63. The molecule has 0 aliphatic carbocycles. The summed E-state index contributed by atoms with van der Waals surface area (Å²) in [4.78, 5) is 0. The number of nitrogens with one attached hydrogen (secondary N) is 1. The molecule has 8 heteroatoms. The van der Waals surface area contributed by atoms with E-state index in [-0.39, 0.29) is 4.21 Å². The minimum Gasteiger partial charge on any atom is -0.491 e. The van der Waals surface area contributed by atoms with E-state index < -0.39 is 10.0 Å². The van der Waals surface area contributed by atoms with Crippen molar-refractivity contribution in [2.45, 2.75) is 4.21 Å². The molecule has 0 radical (unpaired) electrons. The van der Waals surface area contributed by atoms with Crippen molar-refractivity contribution in [3.8, 4) is 5.75 Å². The summed E-state index contributed by atoms with van der Waals surface area (Å²) in [5.74, 6) is 0.566. The molecule has 0 saturated carbocycles. The van der Waals surface area contributed by atoms with Gasteiger partial charge in [-0.2, -0.15) is 0 Å². The van der Waals surface area contributed by atoms with Crippen LogP contribution in [0.2, 0.25) is 4.34 Å². The highest BCUT2D eigenvalue weighted by atomic mass is 35.5. The highest BCUT2D eigenvalue weighted by molar-refractivity contribution is 7.94. The largest absolute Gasteiger partial charge is 0.491 e. The van der Waals surface area contributed by atoms with Crippen LogP contribution in [0.4, 0.5) is 5.69 Å². The van der Waals surface area contributed by atoms with E-state index in [1.165, 1.54) is 6.07 Å². The van der Waals surface area contributed by atoms with Crippen molar-refractivity contribution in [3.05, 3.63) is 40.7 Å². The summed E-state index contributed by atoms with van der Waals surface area (Å²) in [6.07, 6.45) is 0. The summed E-state index contributed by atoms with van der Waals surface area (Å²) >= 11 is 6.76. The van der Waals surface area contributed by atoms with Crippen LogP contribution in [0.3, 0.4) is 0 Å². The maximum Gasteiger partial charge on any atom is 0.271 e. The number of sulfonamides is 1. The normalized spacial score (nSPS) is 11.3. The van der Waals surface area contributed by atoms with E-state index in [2.05, 4.69) is 4.72 Å². The zero-order chi connectivity index (χ0) is 15.3. The van der Waals surface area contributed by atoms with Crippen LogP contribution in [-0.2, 0) is 14.8 Å². The fraction of sp³-hybridized carbons (Fsp3) is 0.231. The molecule has 21 heavy (non-hydrogen) atoms. The fourth-order valence-corrected chi connectivity index (χ4v) is 4.07. The average molecular weight is 348 g/mol. The van der Waals surface area contributed by atoms with Crippen LogP contribution in [0.25, 0.3) is 0 Å². The van der Waals surface area contributed by atoms with Gasteiger partial charge in [0.1, 0.15) is 16.6 Å². The molecule has 1 aromatic heterocycles. The Bertz CT molecular complexity index is 700. The number of anilines is 1. The van der Waals surface area contributed by atoms with Gasteiger partial charge < -0.3 is 9.47 Å². The van der Waals surface area contributed by atoms with Crippen LogP contribution < -0.4 is 9.46 Å². The summed E-state index contributed by atoms with van der Waals surface area (Å²) in [5, 5.41) is 0. The van der Waals surface area contributed by atoms with Crippen LogP contribution in [0, 0.1) is 0 Å². The van der Waals surface area contributed by atoms with Crippen molar-refractivity contribution in [2.24, 2.45) is 0 Å². The molecule has 2 aromatic rings. The third-order valence-electron chi connectivity index (χ3n) is 2.46. The molecule has 1 aromatic carbocycles. The Kier molecular flexibility index (Phi) is 5.46. The maximum atomic E-state index is 12.2. The molecule has 0 atom stereocenters. The van der Waals surface area contributed by atoms with Crippen LogP contribution in [0.15, 0.2) is 40.6 Å². The first-order valence-electron chi connectivity index (χ1n) is 6.01. The number of rotatable bonds is 7. The number of ether oxygens (including phenoxy) is 2. The average Bonchev–Trinajstić information content (AvgIpc) is 2.87. The predicted octanol–water partition coefficient (Wildman–Crippen LogP) is 3.23.